The second-order valence-corrected chi connectivity index (χ2v) is 9.89. The van der Waals surface area contributed by atoms with E-state index in [-0.39, 0.29) is 11.6 Å². The van der Waals surface area contributed by atoms with Crippen molar-refractivity contribution >= 4 is 17.9 Å². The third-order valence-corrected chi connectivity index (χ3v) is 6.75. The van der Waals surface area contributed by atoms with Gasteiger partial charge in [-0.25, -0.2) is 4.68 Å². The van der Waals surface area contributed by atoms with Crippen LogP contribution in [-0.2, 0) is 9.59 Å². The zero-order chi connectivity index (χ0) is 27.9. The van der Waals surface area contributed by atoms with E-state index < -0.39 is 11.8 Å². The third kappa shape index (κ3) is 6.01. The Bertz CT molecular complexity index is 1440. The molecule has 2 amide bonds. The van der Waals surface area contributed by atoms with Crippen LogP contribution in [0.2, 0.25) is 0 Å². The Morgan fingerprint density at radius 1 is 1.00 bits per heavy atom. The lowest BCUT2D eigenvalue weighted by Crippen LogP contribution is -2.46. The van der Waals surface area contributed by atoms with Gasteiger partial charge in [0.05, 0.1) is 18.0 Å². The molecule has 0 aliphatic carbocycles. The van der Waals surface area contributed by atoms with Crippen molar-refractivity contribution in [2.45, 2.75) is 59.4 Å². The molecule has 0 saturated heterocycles. The van der Waals surface area contributed by atoms with Crippen molar-refractivity contribution in [2.24, 2.45) is 0 Å². The molecule has 0 N–H and O–H groups in total. The lowest BCUT2D eigenvalue weighted by Gasteiger charge is -2.30. The molecule has 200 valence electrons. The van der Waals surface area contributed by atoms with E-state index >= 15 is 0 Å². The Morgan fingerprint density at radius 3 is 2.36 bits per heavy atom. The molecule has 0 bridgehead atoms. The van der Waals surface area contributed by atoms with Gasteiger partial charge in [0.2, 0.25) is 0 Å². The molecule has 0 spiro atoms. The number of para-hydroxylation sites is 1. The van der Waals surface area contributed by atoms with E-state index in [2.05, 4.69) is 6.92 Å². The molecule has 0 unspecified atom stereocenters. The van der Waals surface area contributed by atoms with Crippen LogP contribution >= 0.6 is 0 Å². The molecule has 7 heteroatoms. The van der Waals surface area contributed by atoms with Crippen molar-refractivity contribution in [1.29, 1.82) is 5.26 Å². The molecule has 0 saturated carbocycles. The van der Waals surface area contributed by atoms with E-state index in [0.29, 0.717) is 29.0 Å². The number of carbonyl (C=O) groups excluding carboxylic acids is 2. The van der Waals surface area contributed by atoms with Gasteiger partial charge >= 0.3 is 0 Å². The Kier molecular flexibility index (Phi) is 8.77. The summed E-state index contributed by atoms with van der Waals surface area (Å²) in [5.74, 6) is -0.182. The van der Waals surface area contributed by atoms with Crippen LogP contribution in [0.5, 0.6) is 5.75 Å². The average Bonchev–Trinajstić information content (AvgIpc) is 3.36. The van der Waals surface area contributed by atoms with Crippen LogP contribution in [0.15, 0.2) is 77.5 Å². The monoisotopic (exact) mass is 522 g/mol. The van der Waals surface area contributed by atoms with E-state index in [9.17, 15) is 14.9 Å². The summed E-state index contributed by atoms with van der Waals surface area (Å²) in [6, 6.07) is 19.1. The number of ether oxygens (including phenoxy) is 1. The van der Waals surface area contributed by atoms with Gasteiger partial charge in [-0.1, -0.05) is 44.4 Å². The lowest BCUT2D eigenvalue weighted by molar-refractivity contribution is -0.142. The van der Waals surface area contributed by atoms with Gasteiger partial charge in [0, 0.05) is 28.9 Å². The molecular formula is C32H34N4O3. The van der Waals surface area contributed by atoms with Crippen molar-refractivity contribution in [2.75, 3.05) is 6.61 Å². The van der Waals surface area contributed by atoms with Gasteiger partial charge in [-0.3, -0.25) is 14.5 Å². The molecular weight excluding hydrogens is 488 g/mol. The van der Waals surface area contributed by atoms with Crippen LogP contribution in [-0.4, -0.2) is 39.1 Å². The predicted molar refractivity (Wildman–Crippen MR) is 152 cm³/mol. The second kappa shape index (κ2) is 12.4. The third-order valence-electron chi connectivity index (χ3n) is 6.75. The van der Waals surface area contributed by atoms with Crippen LogP contribution in [0, 0.1) is 11.3 Å². The van der Waals surface area contributed by atoms with Crippen molar-refractivity contribution in [1.82, 2.24) is 14.7 Å². The smallest absolute Gasteiger partial charge is 0.271 e. The Morgan fingerprint density at radius 2 is 1.72 bits per heavy atom. The molecule has 2 heterocycles. The molecule has 1 aliphatic rings. The first-order chi connectivity index (χ1) is 18.8. The number of nitriles is 1. The molecule has 2 aromatic carbocycles. The highest BCUT2D eigenvalue weighted by atomic mass is 16.5. The van der Waals surface area contributed by atoms with Crippen LogP contribution in [0.4, 0.5) is 0 Å². The van der Waals surface area contributed by atoms with Gasteiger partial charge in [0.25, 0.3) is 11.8 Å². The molecule has 1 aliphatic heterocycles. The molecule has 4 rings (SSSR count). The van der Waals surface area contributed by atoms with Crippen molar-refractivity contribution in [3.8, 4) is 28.8 Å². The Hall–Kier alpha value is -4.44. The van der Waals surface area contributed by atoms with Crippen molar-refractivity contribution in [3.63, 3.8) is 0 Å². The minimum Gasteiger partial charge on any atom is -0.494 e. The summed E-state index contributed by atoms with van der Waals surface area (Å²) in [7, 11) is 0. The SMILES string of the molecule is CCCCCCOc1ccc(-c2nn(-c3ccccc3)cc2/C=C2/C(=O)N(C(C)C)C(=O)C(C#N)=C2C)cc1. The predicted octanol–water partition coefficient (Wildman–Crippen LogP) is 6.50. The number of carbonyl (C=O) groups is 2. The summed E-state index contributed by atoms with van der Waals surface area (Å²) >= 11 is 0. The highest BCUT2D eigenvalue weighted by Gasteiger charge is 2.37. The summed E-state index contributed by atoms with van der Waals surface area (Å²) in [5, 5.41) is 14.6. The highest BCUT2D eigenvalue weighted by molar-refractivity contribution is 6.20. The number of unbranched alkanes of at least 4 members (excludes halogenated alkanes) is 3. The first kappa shape index (κ1) is 27.6. The average molecular weight is 523 g/mol. The number of imide groups is 1. The first-order valence-electron chi connectivity index (χ1n) is 13.4. The maximum atomic E-state index is 13.4. The number of amides is 2. The van der Waals surface area contributed by atoms with Crippen LogP contribution < -0.4 is 4.74 Å². The van der Waals surface area contributed by atoms with Gasteiger partial charge < -0.3 is 4.74 Å². The minimum atomic E-state index is -0.558. The van der Waals surface area contributed by atoms with Crippen LogP contribution in [0.25, 0.3) is 23.0 Å². The van der Waals surface area contributed by atoms with Gasteiger partial charge in [-0.15, -0.1) is 0 Å². The molecule has 7 nitrogen and oxygen atoms in total. The van der Waals surface area contributed by atoms with Crippen LogP contribution in [0.1, 0.15) is 58.9 Å². The van der Waals surface area contributed by atoms with E-state index in [0.717, 1.165) is 34.7 Å². The number of aromatic nitrogens is 2. The summed E-state index contributed by atoms with van der Waals surface area (Å²) in [4.78, 5) is 27.4. The number of hydrogen-bond acceptors (Lipinski definition) is 5. The summed E-state index contributed by atoms with van der Waals surface area (Å²) < 4.78 is 7.68. The molecule has 3 aromatic rings. The molecule has 0 atom stereocenters. The fourth-order valence-corrected chi connectivity index (χ4v) is 4.58. The lowest BCUT2D eigenvalue weighted by atomic mass is 9.92. The quantitative estimate of drug-likeness (QED) is 0.172. The standard InChI is InChI=1S/C32H34N4O3/c1-5-6-7-11-18-39-27-16-14-24(15-17-27)30-25(21-35(34-30)26-12-9-8-10-13-26)19-28-23(4)29(20-33)32(38)36(22(2)3)31(28)37/h8-10,12-17,19,21-22H,5-7,11,18H2,1-4H3/b28-19+. The van der Waals surface area contributed by atoms with Crippen molar-refractivity contribution < 1.29 is 14.3 Å². The fraction of sp³-hybridized carbons (Fsp3) is 0.312. The zero-order valence-corrected chi connectivity index (χ0v) is 23.0. The van der Waals surface area contributed by atoms with Gasteiger partial charge in [0.15, 0.2) is 0 Å². The van der Waals surface area contributed by atoms with Crippen LogP contribution in [0.3, 0.4) is 0 Å². The second-order valence-electron chi connectivity index (χ2n) is 9.89. The molecule has 39 heavy (non-hydrogen) atoms. The normalized spacial score (nSPS) is 14.9. The highest BCUT2D eigenvalue weighted by Crippen LogP contribution is 2.32. The summed E-state index contributed by atoms with van der Waals surface area (Å²) in [6.45, 7) is 8.03. The van der Waals surface area contributed by atoms with E-state index in [4.69, 9.17) is 9.84 Å². The Labute approximate surface area is 230 Å². The van der Waals surface area contributed by atoms with E-state index in [1.54, 1.807) is 31.5 Å². The molecule has 0 radical (unpaired) electrons. The van der Waals surface area contributed by atoms with E-state index in [1.807, 2.05) is 66.9 Å². The van der Waals surface area contributed by atoms with Gasteiger partial charge in [0.1, 0.15) is 17.4 Å². The summed E-state index contributed by atoms with van der Waals surface area (Å²) in [6.07, 6.45) is 8.17. The number of hydrogen-bond donors (Lipinski definition) is 0. The molecule has 0 fully saturated rings. The van der Waals surface area contributed by atoms with E-state index in [1.165, 1.54) is 12.8 Å². The topological polar surface area (TPSA) is 88.2 Å². The minimum absolute atomic E-state index is 0.0213. The first-order valence-corrected chi connectivity index (χ1v) is 13.4. The number of nitrogens with zero attached hydrogens (tertiary/aromatic N) is 4. The maximum absolute atomic E-state index is 13.4. The largest absolute Gasteiger partial charge is 0.494 e. The number of benzene rings is 2. The van der Waals surface area contributed by atoms with Gasteiger partial charge in [-0.2, -0.15) is 10.4 Å². The molecule has 1 aromatic heterocycles. The fourth-order valence-electron chi connectivity index (χ4n) is 4.58. The number of rotatable bonds is 10. The summed E-state index contributed by atoms with van der Waals surface area (Å²) in [5.41, 5.74) is 3.76. The zero-order valence-electron chi connectivity index (χ0n) is 23.0. The van der Waals surface area contributed by atoms with Gasteiger partial charge in [-0.05, 0) is 75.2 Å². The van der Waals surface area contributed by atoms with Crippen molar-refractivity contribution in [3.05, 3.63) is 83.1 Å². The Balaban J connectivity index is 1.75. The maximum Gasteiger partial charge on any atom is 0.271 e.